The minimum absolute atomic E-state index is 0.399. The van der Waals surface area contributed by atoms with Gasteiger partial charge in [0.2, 0.25) is 5.91 Å². The third-order valence-electron chi connectivity index (χ3n) is 5.99. The van der Waals surface area contributed by atoms with Crippen LogP contribution in [0.15, 0.2) is 0 Å². The fourth-order valence-electron chi connectivity index (χ4n) is 4.47. The molecule has 0 aromatic carbocycles. The van der Waals surface area contributed by atoms with E-state index in [0.29, 0.717) is 30.0 Å². The second kappa shape index (κ2) is 6.05. The van der Waals surface area contributed by atoms with Crippen LogP contribution in [0.1, 0.15) is 64.7 Å². The second-order valence-electron chi connectivity index (χ2n) is 7.60. The largest absolute Gasteiger partial charge is 0.343 e. The highest BCUT2D eigenvalue weighted by atomic mass is 16.2. The predicted molar refractivity (Wildman–Crippen MR) is 81.5 cm³/mol. The van der Waals surface area contributed by atoms with E-state index in [4.69, 9.17) is 0 Å². The highest BCUT2D eigenvalue weighted by molar-refractivity contribution is 5.76. The molecule has 3 nitrogen and oxygen atoms in total. The predicted octanol–water partition coefficient (Wildman–Crippen LogP) is 2.94. The first-order valence-electron chi connectivity index (χ1n) is 8.63. The Hall–Kier alpha value is -0.570. The number of nitrogens with zero attached hydrogens (tertiary/aromatic N) is 1. The maximum Gasteiger partial charge on any atom is 0.222 e. The summed E-state index contributed by atoms with van der Waals surface area (Å²) < 4.78 is 0. The van der Waals surface area contributed by atoms with E-state index in [1.54, 1.807) is 0 Å². The number of piperidine rings is 1. The van der Waals surface area contributed by atoms with Crippen LogP contribution in [0.5, 0.6) is 0 Å². The summed E-state index contributed by atoms with van der Waals surface area (Å²) in [4.78, 5) is 14.6. The van der Waals surface area contributed by atoms with Gasteiger partial charge in [0.1, 0.15) is 0 Å². The standard InChI is InChI=1S/C17H30N2O/c1-12-3-5-13(6-4-12)9-17(20)19(2)16-10-14-7-8-15(11-16)18-14/h12-16,18H,3-11H2,1-2H3. The minimum Gasteiger partial charge on any atom is -0.343 e. The van der Waals surface area contributed by atoms with Crippen LogP contribution < -0.4 is 5.32 Å². The van der Waals surface area contributed by atoms with Gasteiger partial charge in [-0.1, -0.05) is 19.8 Å². The molecule has 2 atom stereocenters. The molecule has 1 saturated carbocycles. The van der Waals surface area contributed by atoms with Crippen molar-refractivity contribution in [3.8, 4) is 0 Å². The molecule has 1 aliphatic carbocycles. The van der Waals surface area contributed by atoms with Crippen LogP contribution in [0.4, 0.5) is 0 Å². The number of amides is 1. The Morgan fingerprint density at radius 3 is 2.25 bits per heavy atom. The monoisotopic (exact) mass is 278 g/mol. The summed E-state index contributed by atoms with van der Waals surface area (Å²) in [5.74, 6) is 1.93. The molecular formula is C17H30N2O. The zero-order valence-electron chi connectivity index (χ0n) is 13.1. The average molecular weight is 278 g/mol. The Bertz CT molecular complexity index is 337. The van der Waals surface area contributed by atoms with Crippen molar-refractivity contribution < 1.29 is 4.79 Å². The number of carbonyl (C=O) groups is 1. The molecule has 0 radical (unpaired) electrons. The van der Waals surface area contributed by atoms with Gasteiger partial charge in [-0.2, -0.15) is 0 Å². The van der Waals surface area contributed by atoms with Gasteiger partial charge in [-0.15, -0.1) is 0 Å². The third-order valence-corrected chi connectivity index (χ3v) is 5.99. The molecule has 1 amide bonds. The molecule has 2 aliphatic heterocycles. The van der Waals surface area contributed by atoms with Gasteiger partial charge in [0, 0.05) is 31.6 Å². The molecular weight excluding hydrogens is 248 g/mol. The van der Waals surface area contributed by atoms with Gasteiger partial charge in [0.05, 0.1) is 0 Å². The Kier molecular flexibility index (Phi) is 4.34. The number of hydrogen-bond acceptors (Lipinski definition) is 2. The minimum atomic E-state index is 0.399. The first kappa shape index (κ1) is 14.4. The molecule has 0 aromatic rings. The van der Waals surface area contributed by atoms with Crippen molar-refractivity contribution >= 4 is 5.91 Å². The van der Waals surface area contributed by atoms with Crippen LogP contribution in [-0.4, -0.2) is 36.0 Å². The Morgan fingerprint density at radius 2 is 1.65 bits per heavy atom. The molecule has 3 aliphatic rings. The Morgan fingerprint density at radius 1 is 1.05 bits per heavy atom. The summed E-state index contributed by atoms with van der Waals surface area (Å²) in [6.07, 6.45) is 10.9. The molecule has 3 heteroatoms. The summed E-state index contributed by atoms with van der Waals surface area (Å²) in [6.45, 7) is 2.34. The zero-order chi connectivity index (χ0) is 14.1. The first-order valence-corrected chi connectivity index (χ1v) is 8.63. The molecule has 2 unspecified atom stereocenters. The fourth-order valence-corrected chi connectivity index (χ4v) is 4.47. The van der Waals surface area contributed by atoms with Gasteiger partial charge in [0.25, 0.3) is 0 Å². The van der Waals surface area contributed by atoms with Crippen LogP contribution in [0.3, 0.4) is 0 Å². The van der Waals surface area contributed by atoms with Crippen LogP contribution >= 0.6 is 0 Å². The van der Waals surface area contributed by atoms with E-state index in [1.165, 1.54) is 51.4 Å². The van der Waals surface area contributed by atoms with Gasteiger partial charge in [0.15, 0.2) is 0 Å². The number of carbonyl (C=O) groups excluding carboxylic acids is 1. The SMILES string of the molecule is CC1CCC(CC(=O)N(C)C2CC3CCC(C2)N3)CC1. The van der Waals surface area contributed by atoms with Crippen LogP contribution in [0, 0.1) is 11.8 Å². The smallest absolute Gasteiger partial charge is 0.222 e. The molecule has 0 spiro atoms. The molecule has 1 N–H and O–H groups in total. The van der Waals surface area contributed by atoms with Crippen molar-refractivity contribution in [2.24, 2.45) is 11.8 Å². The second-order valence-corrected chi connectivity index (χ2v) is 7.60. The van der Waals surface area contributed by atoms with E-state index in [-0.39, 0.29) is 0 Å². The van der Waals surface area contributed by atoms with Gasteiger partial charge < -0.3 is 10.2 Å². The van der Waals surface area contributed by atoms with Crippen LogP contribution in [-0.2, 0) is 4.79 Å². The normalized spacial score (nSPS) is 40.6. The molecule has 2 bridgehead atoms. The summed E-state index contributed by atoms with van der Waals surface area (Å²) >= 11 is 0. The van der Waals surface area contributed by atoms with Crippen molar-refractivity contribution in [3.63, 3.8) is 0 Å². The first-order chi connectivity index (χ1) is 9.61. The molecule has 114 valence electrons. The van der Waals surface area contributed by atoms with Gasteiger partial charge in [-0.05, 0) is 50.4 Å². The quantitative estimate of drug-likeness (QED) is 0.861. The van der Waals surface area contributed by atoms with E-state index in [1.807, 2.05) is 7.05 Å². The van der Waals surface area contributed by atoms with E-state index >= 15 is 0 Å². The highest BCUT2D eigenvalue weighted by Crippen LogP contribution is 2.32. The summed E-state index contributed by atoms with van der Waals surface area (Å²) in [6, 6.07) is 1.83. The zero-order valence-corrected chi connectivity index (χ0v) is 13.1. The van der Waals surface area contributed by atoms with Crippen molar-refractivity contribution in [3.05, 3.63) is 0 Å². The topological polar surface area (TPSA) is 32.3 Å². The number of nitrogens with one attached hydrogen (secondary N) is 1. The van der Waals surface area contributed by atoms with Crippen LogP contribution in [0.2, 0.25) is 0 Å². The van der Waals surface area contributed by atoms with Gasteiger partial charge >= 0.3 is 0 Å². The lowest BCUT2D eigenvalue weighted by atomic mass is 9.81. The molecule has 3 fully saturated rings. The number of fused-ring (bicyclic) bond motifs is 2. The van der Waals surface area contributed by atoms with E-state index in [0.717, 1.165) is 12.3 Å². The van der Waals surface area contributed by atoms with Crippen molar-refractivity contribution in [2.45, 2.75) is 82.8 Å². The average Bonchev–Trinajstić information content (AvgIpc) is 2.79. The molecule has 20 heavy (non-hydrogen) atoms. The van der Waals surface area contributed by atoms with Crippen molar-refractivity contribution in [2.75, 3.05) is 7.05 Å². The summed E-state index contributed by atoms with van der Waals surface area (Å²) in [5, 5.41) is 3.66. The molecule has 3 rings (SSSR count). The third kappa shape index (κ3) is 3.19. The molecule has 2 heterocycles. The van der Waals surface area contributed by atoms with E-state index in [9.17, 15) is 4.79 Å². The maximum atomic E-state index is 12.5. The number of hydrogen-bond donors (Lipinski definition) is 1. The molecule has 2 saturated heterocycles. The van der Waals surface area contributed by atoms with Gasteiger partial charge in [-0.3, -0.25) is 4.79 Å². The summed E-state index contributed by atoms with van der Waals surface area (Å²) in [5.41, 5.74) is 0. The number of rotatable bonds is 3. The van der Waals surface area contributed by atoms with Crippen LogP contribution in [0.25, 0.3) is 0 Å². The maximum absolute atomic E-state index is 12.5. The lowest BCUT2D eigenvalue weighted by molar-refractivity contribution is -0.134. The summed E-state index contributed by atoms with van der Waals surface area (Å²) in [7, 11) is 2.04. The van der Waals surface area contributed by atoms with Gasteiger partial charge in [-0.25, -0.2) is 0 Å². The van der Waals surface area contributed by atoms with Crippen molar-refractivity contribution in [1.29, 1.82) is 0 Å². The Labute approximate surface area is 123 Å². The van der Waals surface area contributed by atoms with Crippen molar-refractivity contribution in [1.82, 2.24) is 10.2 Å². The van der Waals surface area contributed by atoms with E-state index < -0.39 is 0 Å². The lowest BCUT2D eigenvalue weighted by Crippen LogP contribution is -2.49. The Balaban J connectivity index is 1.49. The van der Waals surface area contributed by atoms with E-state index in [2.05, 4.69) is 17.1 Å². The highest BCUT2D eigenvalue weighted by Gasteiger charge is 2.36. The molecule has 0 aromatic heterocycles. The fraction of sp³-hybridized carbons (Fsp3) is 0.941. The lowest BCUT2D eigenvalue weighted by Gasteiger charge is -2.36.